The number of carbonyl (C=O) groups excluding carboxylic acids is 1. The highest BCUT2D eigenvalue weighted by Crippen LogP contribution is 2.23. The summed E-state index contributed by atoms with van der Waals surface area (Å²) in [4.78, 5) is 19.0. The molecule has 8 nitrogen and oxygen atoms in total. The van der Waals surface area contributed by atoms with E-state index in [0.29, 0.717) is 17.0 Å². The van der Waals surface area contributed by atoms with E-state index < -0.39 is 5.88 Å². The lowest BCUT2D eigenvalue weighted by Gasteiger charge is -2.07. The van der Waals surface area contributed by atoms with E-state index in [-0.39, 0.29) is 24.7 Å². The number of aryl methyl sites for hydroxylation is 1. The minimum absolute atomic E-state index is 0.0446. The smallest absolute Gasteiger partial charge is 0.305 e. The summed E-state index contributed by atoms with van der Waals surface area (Å²) < 4.78 is 6.65. The van der Waals surface area contributed by atoms with Crippen molar-refractivity contribution in [2.45, 2.75) is 20.0 Å². The standard InChI is InChI=1S/C13H13N5O3/c1-3-12(19)21-7-11-8(5-16-18(11)2)10-6-15-13(20)9(4-14)17-10/h5-6H,3,7H2,1-2H3,(H,15,20). The quantitative estimate of drug-likeness (QED) is 0.831. The minimum atomic E-state index is -0.427. The Labute approximate surface area is 120 Å². The molecule has 2 heterocycles. The second-order valence-corrected chi connectivity index (χ2v) is 4.18. The summed E-state index contributed by atoms with van der Waals surface area (Å²) in [7, 11) is 1.71. The van der Waals surface area contributed by atoms with Gasteiger partial charge in [-0.15, -0.1) is 0 Å². The maximum Gasteiger partial charge on any atom is 0.305 e. The molecule has 0 aliphatic heterocycles. The number of hydrogen-bond donors (Lipinski definition) is 1. The average molecular weight is 287 g/mol. The van der Waals surface area contributed by atoms with E-state index in [2.05, 4.69) is 15.1 Å². The Hall–Kier alpha value is -2.95. The van der Waals surface area contributed by atoms with Crippen LogP contribution in [0.3, 0.4) is 0 Å². The van der Waals surface area contributed by atoms with Crippen LogP contribution < -0.4 is 0 Å². The second kappa shape index (κ2) is 6.00. The highest BCUT2D eigenvalue weighted by atomic mass is 16.5. The monoisotopic (exact) mass is 287 g/mol. The first kappa shape index (κ1) is 14.5. The third-order valence-corrected chi connectivity index (χ3v) is 2.86. The zero-order chi connectivity index (χ0) is 15.4. The third-order valence-electron chi connectivity index (χ3n) is 2.86. The van der Waals surface area contributed by atoms with Crippen LogP contribution in [0.15, 0.2) is 12.4 Å². The summed E-state index contributed by atoms with van der Waals surface area (Å²) in [6.07, 6.45) is 3.15. The summed E-state index contributed by atoms with van der Waals surface area (Å²) >= 11 is 0. The lowest BCUT2D eigenvalue weighted by molar-refractivity contribution is -0.144. The molecule has 0 amide bonds. The van der Waals surface area contributed by atoms with Crippen LogP contribution in [-0.2, 0) is 23.2 Å². The molecule has 0 aliphatic rings. The Kier molecular flexibility index (Phi) is 4.13. The Morgan fingerprint density at radius 1 is 1.52 bits per heavy atom. The molecule has 2 rings (SSSR count). The SMILES string of the molecule is CCC(=O)OCc1c(-c2cnc(O)c(C#N)n2)cnn1C. The van der Waals surface area contributed by atoms with Crippen LogP contribution in [0.25, 0.3) is 11.3 Å². The van der Waals surface area contributed by atoms with E-state index in [0.717, 1.165) is 0 Å². The Balaban J connectivity index is 2.37. The van der Waals surface area contributed by atoms with Gasteiger partial charge < -0.3 is 9.84 Å². The van der Waals surface area contributed by atoms with E-state index in [1.165, 1.54) is 12.4 Å². The van der Waals surface area contributed by atoms with Crippen molar-refractivity contribution in [3.05, 3.63) is 23.8 Å². The molecule has 0 aromatic carbocycles. The first-order chi connectivity index (χ1) is 10.1. The predicted molar refractivity (Wildman–Crippen MR) is 70.7 cm³/mol. The molecule has 0 saturated carbocycles. The van der Waals surface area contributed by atoms with E-state index >= 15 is 0 Å². The summed E-state index contributed by atoms with van der Waals surface area (Å²) in [6.45, 7) is 1.75. The van der Waals surface area contributed by atoms with Gasteiger partial charge >= 0.3 is 5.97 Å². The van der Waals surface area contributed by atoms with Crippen LogP contribution in [0, 0.1) is 11.3 Å². The zero-order valence-electron chi connectivity index (χ0n) is 11.6. The van der Waals surface area contributed by atoms with Crippen LogP contribution >= 0.6 is 0 Å². The molecule has 2 aromatic rings. The lowest BCUT2D eigenvalue weighted by atomic mass is 10.2. The van der Waals surface area contributed by atoms with Crippen molar-refractivity contribution in [2.75, 3.05) is 0 Å². The molecule has 8 heteroatoms. The summed E-state index contributed by atoms with van der Waals surface area (Å²) in [5.41, 5.74) is 1.42. The van der Waals surface area contributed by atoms with Crippen LogP contribution in [0.4, 0.5) is 0 Å². The van der Waals surface area contributed by atoms with Crippen LogP contribution in [0.1, 0.15) is 24.7 Å². The van der Waals surface area contributed by atoms with Gasteiger partial charge in [0.1, 0.15) is 12.7 Å². The van der Waals surface area contributed by atoms with Crippen LogP contribution in [0.5, 0.6) is 5.88 Å². The molecule has 0 unspecified atom stereocenters. The molecule has 108 valence electrons. The van der Waals surface area contributed by atoms with Gasteiger partial charge in [-0.3, -0.25) is 9.48 Å². The maximum atomic E-state index is 11.3. The Morgan fingerprint density at radius 3 is 2.95 bits per heavy atom. The first-order valence-corrected chi connectivity index (χ1v) is 6.19. The fourth-order valence-corrected chi connectivity index (χ4v) is 1.69. The molecule has 0 aliphatic carbocycles. The number of aromatic hydroxyl groups is 1. The largest absolute Gasteiger partial charge is 0.491 e. The van der Waals surface area contributed by atoms with Crippen molar-refractivity contribution in [3.8, 4) is 23.2 Å². The van der Waals surface area contributed by atoms with Gasteiger partial charge in [0.15, 0.2) is 0 Å². The number of esters is 1. The maximum absolute atomic E-state index is 11.3. The molecule has 0 saturated heterocycles. The van der Waals surface area contributed by atoms with Gasteiger partial charge in [0.25, 0.3) is 0 Å². The predicted octanol–water partition coefficient (Wildman–Crippen LogP) is 0.908. The molecular formula is C13H13N5O3. The van der Waals surface area contributed by atoms with Crippen molar-refractivity contribution in [2.24, 2.45) is 7.05 Å². The van der Waals surface area contributed by atoms with Gasteiger partial charge in [0.2, 0.25) is 11.6 Å². The second-order valence-electron chi connectivity index (χ2n) is 4.18. The molecular weight excluding hydrogens is 274 g/mol. The van der Waals surface area contributed by atoms with Gasteiger partial charge in [-0.2, -0.15) is 10.4 Å². The fraction of sp³-hybridized carbons (Fsp3) is 0.308. The van der Waals surface area contributed by atoms with Gasteiger partial charge in [-0.05, 0) is 0 Å². The molecule has 2 aromatic heterocycles. The van der Waals surface area contributed by atoms with Gasteiger partial charge in [-0.25, -0.2) is 9.97 Å². The van der Waals surface area contributed by atoms with Crippen molar-refractivity contribution in [3.63, 3.8) is 0 Å². The summed E-state index contributed by atoms with van der Waals surface area (Å²) in [5, 5.41) is 22.3. The molecule has 21 heavy (non-hydrogen) atoms. The van der Waals surface area contributed by atoms with Gasteiger partial charge in [0, 0.05) is 19.0 Å². The number of ether oxygens (including phenoxy) is 1. The zero-order valence-corrected chi connectivity index (χ0v) is 11.6. The topological polar surface area (TPSA) is 114 Å². The highest BCUT2D eigenvalue weighted by Gasteiger charge is 2.16. The minimum Gasteiger partial charge on any atom is -0.491 e. The van der Waals surface area contributed by atoms with Crippen molar-refractivity contribution in [1.82, 2.24) is 19.7 Å². The number of nitriles is 1. The van der Waals surface area contributed by atoms with Gasteiger partial charge in [-0.1, -0.05) is 6.92 Å². The van der Waals surface area contributed by atoms with Crippen molar-refractivity contribution >= 4 is 5.97 Å². The molecule has 0 radical (unpaired) electrons. The van der Waals surface area contributed by atoms with E-state index in [4.69, 9.17) is 10.00 Å². The first-order valence-electron chi connectivity index (χ1n) is 6.19. The molecule has 0 spiro atoms. The van der Waals surface area contributed by atoms with E-state index in [1.807, 2.05) is 0 Å². The van der Waals surface area contributed by atoms with Gasteiger partial charge in [0.05, 0.1) is 23.8 Å². The van der Waals surface area contributed by atoms with Crippen LogP contribution in [-0.4, -0.2) is 30.8 Å². The highest BCUT2D eigenvalue weighted by molar-refractivity contribution is 5.69. The summed E-state index contributed by atoms with van der Waals surface area (Å²) in [6, 6.07) is 1.75. The Bertz CT molecular complexity index is 717. The molecule has 0 fully saturated rings. The molecule has 0 atom stereocenters. The summed E-state index contributed by atoms with van der Waals surface area (Å²) in [5.74, 6) is -0.749. The fourth-order valence-electron chi connectivity index (χ4n) is 1.69. The number of carbonyl (C=O) groups is 1. The van der Waals surface area contributed by atoms with Crippen molar-refractivity contribution in [1.29, 1.82) is 5.26 Å². The Morgan fingerprint density at radius 2 is 2.29 bits per heavy atom. The normalized spacial score (nSPS) is 10.1. The van der Waals surface area contributed by atoms with Crippen molar-refractivity contribution < 1.29 is 14.6 Å². The van der Waals surface area contributed by atoms with E-state index in [1.54, 1.807) is 24.7 Å². The third kappa shape index (κ3) is 2.97. The number of nitrogens with zero attached hydrogens (tertiary/aromatic N) is 5. The van der Waals surface area contributed by atoms with Crippen LogP contribution in [0.2, 0.25) is 0 Å². The molecule has 1 N–H and O–H groups in total. The average Bonchev–Trinajstić information content (AvgIpc) is 2.86. The molecule has 0 bridgehead atoms. The lowest BCUT2D eigenvalue weighted by Crippen LogP contribution is -2.07. The number of hydrogen-bond acceptors (Lipinski definition) is 7. The number of aromatic nitrogens is 4. The van der Waals surface area contributed by atoms with E-state index in [9.17, 15) is 9.90 Å². The number of rotatable bonds is 4.